The lowest BCUT2D eigenvalue weighted by Crippen LogP contribution is -2.56. The van der Waals surface area contributed by atoms with E-state index in [0.717, 1.165) is 42.9 Å². The number of piperazine rings is 1. The maximum Gasteiger partial charge on any atom is 0.271 e. The predicted molar refractivity (Wildman–Crippen MR) is 122 cm³/mol. The SMILES string of the molecule is COc1ccc2c(C=O)c(C(=O)N3CCN(C(=O)C(N)C4CCCCC4)CC3)n(C)c2c1. The van der Waals surface area contributed by atoms with Crippen molar-refractivity contribution in [3.05, 3.63) is 29.5 Å². The van der Waals surface area contributed by atoms with Gasteiger partial charge in [0.2, 0.25) is 5.91 Å². The minimum absolute atomic E-state index is 0.00530. The van der Waals surface area contributed by atoms with Gasteiger partial charge in [-0.05, 0) is 30.9 Å². The molecule has 1 saturated heterocycles. The van der Waals surface area contributed by atoms with Crippen LogP contribution in [0, 0.1) is 5.92 Å². The van der Waals surface area contributed by atoms with Gasteiger partial charge < -0.3 is 24.8 Å². The van der Waals surface area contributed by atoms with Crippen LogP contribution in [0.15, 0.2) is 18.2 Å². The Morgan fingerprint density at radius 1 is 1.09 bits per heavy atom. The van der Waals surface area contributed by atoms with Gasteiger partial charge in [0.05, 0.1) is 24.2 Å². The average Bonchev–Trinajstić information content (AvgIpc) is 3.14. The zero-order valence-electron chi connectivity index (χ0n) is 18.9. The lowest BCUT2D eigenvalue weighted by molar-refractivity contribution is -0.135. The fourth-order valence-electron chi connectivity index (χ4n) is 5.14. The molecule has 1 saturated carbocycles. The molecule has 1 aliphatic carbocycles. The second-order valence-electron chi connectivity index (χ2n) is 8.86. The number of benzene rings is 1. The normalized spacial score (nSPS) is 18.6. The van der Waals surface area contributed by atoms with Crippen LogP contribution in [-0.4, -0.2) is 71.8 Å². The van der Waals surface area contributed by atoms with Gasteiger partial charge in [-0.2, -0.15) is 0 Å². The second-order valence-corrected chi connectivity index (χ2v) is 8.86. The molecule has 1 aromatic carbocycles. The van der Waals surface area contributed by atoms with Crippen molar-refractivity contribution in [2.75, 3.05) is 33.3 Å². The van der Waals surface area contributed by atoms with Crippen LogP contribution < -0.4 is 10.5 Å². The third-order valence-corrected chi connectivity index (χ3v) is 7.09. The molecule has 0 spiro atoms. The lowest BCUT2D eigenvalue weighted by Gasteiger charge is -2.37. The molecular weight excluding hydrogens is 408 g/mol. The van der Waals surface area contributed by atoms with E-state index in [1.165, 1.54) is 6.42 Å². The van der Waals surface area contributed by atoms with Crippen molar-refractivity contribution in [2.24, 2.45) is 18.7 Å². The Morgan fingerprint density at radius 2 is 1.75 bits per heavy atom. The van der Waals surface area contributed by atoms with E-state index in [4.69, 9.17) is 10.5 Å². The Bertz CT molecular complexity index is 1020. The maximum atomic E-state index is 13.4. The molecule has 1 unspecified atom stereocenters. The van der Waals surface area contributed by atoms with E-state index in [9.17, 15) is 14.4 Å². The number of aromatic nitrogens is 1. The first kappa shape index (κ1) is 22.3. The summed E-state index contributed by atoms with van der Waals surface area (Å²) in [6, 6.07) is 4.96. The van der Waals surface area contributed by atoms with E-state index in [1.54, 1.807) is 40.7 Å². The number of aryl methyl sites for hydroxylation is 1. The van der Waals surface area contributed by atoms with Crippen LogP contribution in [-0.2, 0) is 11.8 Å². The molecule has 2 heterocycles. The first-order valence-corrected chi connectivity index (χ1v) is 11.4. The van der Waals surface area contributed by atoms with Crippen molar-refractivity contribution < 1.29 is 19.1 Å². The smallest absolute Gasteiger partial charge is 0.271 e. The van der Waals surface area contributed by atoms with E-state index in [2.05, 4.69) is 0 Å². The number of methoxy groups -OCH3 is 1. The third kappa shape index (κ3) is 3.99. The molecular formula is C24H32N4O4. The van der Waals surface area contributed by atoms with Crippen molar-refractivity contribution in [3.63, 3.8) is 0 Å². The van der Waals surface area contributed by atoms with Gasteiger partial charge in [0.15, 0.2) is 6.29 Å². The maximum absolute atomic E-state index is 13.4. The number of carbonyl (C=O) groups is 3. The molecule has 2 aliphatic rings. The number of hydrogen-bond acceptors (Lipinski definition) is 5. The lowest BCUT2D eigenvalue weighted by atomic mass is 9.83. The van der Waals surface area contributed by atoms with Crippen molar-refractivity contribution in [1.29, 1.82) is 0 Å². The summed E-state index contributed by atoms with van der Waals surface area (Å²) in [5, 5.41) is 0.721. The number of aldehydes is 1. The van der Waals surface area contributed by atoms with Crippen molar-refractivity contribution in [2.45, 2.75) is 38.1 Å². The molecule has 4 rings (SSSR count). The first-order chi connectivity index (χ1) is 15.5. The Labute approximate surface area is 188 Å². The van der Waals surface area contributed by atoms with E-state index < -0.39 is 6.04 Å². The molecule has 8 nitrogen and oxygen atoms in total. The minimum Gasteiger partial charge on any atom is -0.497 e. The molecule has 2 aromatic rings. The van der Waals surface area contributed by atoms with E-state index in [-0.39, 0.29) is 17.7 Å². The number of nitrogens with zero attached hydrogens (tertiary/aromatic N) is 3. The molecule has 1 aromatic heterocycles. The van der Waals surface area contributed by atoms with Crippen molar-refractivity contribution in [1.82, 2.24) is 14.4 Å². The molecule has 8 heteroatoms. The molecule has 1 atom stereocenters. The van der Waals surface area contributed by atoms with Crippen LogP contribution in [0.1, 0.15) is 53.0 Å². The number of fused-ring (bicyclic) bond motifs is 1. The van der Waals surface area contributed by atoms with E-state index >= 15 is 0 Å². The van der Waals surface area contributed by atoms with Crippen molar-refractivity contribution >= 4 is 29.0 Å². The van der Waals surface area contributed by atoms with Gasteiger partial charge >= 0.3 is 0 Å². The van der Waals surface area contributed by atoms with Gasteiger partial charge in [0.1, 0.15) is 11.4 Å². The number of rotatable bonds is 5. The summed E-state index contributed by atoms with van der Waals surface area (Å²) in [5.74, 6) is 0.720. The fourth-order valence-corrected chi connectivity index (χ4v) is 5.14. The summed E-state index contributed by atoms with van der Waals surface area (Å²) in [6.45, 7) is 1.76. The molecule has 0 radical (unpaired) electrons. The highest BCUT2D eigenvalue weighted by Crippen LogP contribution is 2.29. The predicted octanol–water partition coefficient (Wildman–Crippen LogP) is 2.19. The van der Waals surface area contributed by atoms with E-state index in [1.807, 2.05) is 6.07 Å². The number of ether oxygens (including phenoxy) is 1. The molecule has 1 aliphatic heterocycles. The number of amides is 2. The van der Waals surface area contributed by atoms with Gasteiger partial charge in [-0.25, -0.2) is 0 Å². The van der Waals surface area contributed by atoms with Gasteiger partial charge in [0, 0.05) is 44.7 Å². The van der Waals surface area contributed by atoms with Crippen LogP contribution in [0.4, 0.5) is 0 Å². The summed E-state index contributed by atoms with van der Waals surface area (Å²) >= 11 is 0. The van der Waals surface area contributed by atoms with Crippen LogP contribution in [0.2, 0.25) is 0 Å². The van der Waals surface area contributed by atoms with Crippen molar-refractivity contribution in [3.8, 4) is 5.75 Å². The monoisotopic (exact) mass is 440 g/mol. The van der Waals surface area contributed by atoms with Crippen LogP contribution in [0.5, 0.6) is 5.75 Å². The third-order valence-electron chi connectivity index (χ3n) is 7.09. The van der Waals surface area contributed by atoms with Gasteiger partial charge in [-0.15, -0.1) is 0 Å². The summed E-state index contributed by atoms with van der Waals surface area (Å²) < 4.78 is 7.04. The molecule has 2 N–H and O–H groups in total. The Morgan fingerprint density at radius 3 is 2.38 bits per heavy atom. The molecule has 2 fully saturated rings. The quantitative estimate of drug-likeness (QED) is 0.719. The Kier molecular flexibility index (Phi) is 6.50. The largest absolute Gasteiger partial charge is 0.497 e. The number of nitrogens with two attached hydrogens (primary N) is 1. The average molecular weight is 441 g/mol. The second kappa shape index (κ2) is 9.32. The zero-order valence-corrected chi connectivity index (χ0v) is 18.9. The standard InChI is InChI=1S/C24H32N4O4/c1-26-20-14-17(32-2)8-9-18(20)19(15-29)22(26)24(31)28-12-10-27(11-13-28)23(30)21(25)16-6-4-3-5-7-16/h8-9,14-16,21H,3-7,10-13,25H2,1-2H3. The van der Waals surface area contributed by atoms with Crippen LogP contribution in [0.25, 0.3) is 10.9 Å². The summed E-state index contributed by atoms with van der Waals surface area (Å²) in [5.41, 5.74) is 7.82. The number of hydrogen-bond donors (Lipinski definition) is 1. The molecule has 0 bridgehead atoms. The van der Waals surface area contributed by atoms with E-state index in [0.29, 0.717) is 43.2 Å². The molecule has 32 heavy (non-hydrogen) atoms. The minimum atomic E-state index is -0.452. The van der Waals surface area contributed by atoms with Crippen LogP contribution >= 0.6 is 0 Å². The Hall–Kier alpha value is -2.87. The summed E-state index contributed by atoms with van der Waals surface area (Å²) in [7, 11) is 3.36. The highest BCUT2D eigenvalue weighted by molar-refractivity contribution is 6.10. The highest BCUT2D eigenvalue weighted by Gasteiger charge is 2.33. The molecule has 2 amide bonds. The summed E-state index contributed by atoms with van der Waals surface area (Å²) in [6.07, 6.45) is 6.29. The number of carbonyl (C=O) groups excluding carboxylic acids is 3. The summed E-state index contributed by atoms with van der Waals surface area (Å²) in [4.78, 5) is 41.7. The van der Waals surface area contributed by atoms with Crippen LogP contribution in [0.3, 0.4) is 0 Å². The Balaban J connectivity index is 1.48. The molecule has 172 valence electrons. The van der Waals surface area contributed by atoms with Gasteiger partial charge in [-0.1, -0.05) is 19.3 Å². The van der Waals surface area contributed by atoms with Gasteiger partial charge in [0.25, 0.3) is 5.91 Å². The topological polar surface area (TPSA) is 97.9 Å². The first-order valence-electron chi connectivity index (χ1n) is 11.4. The highest BCUT2D eigenvalue weighted by atomic mass is 16.5. The fraction of sp³-hybridized carbons (Fsp3) is 0.542. The zero-order chi connectivity index (χ0) is 22.8. The van der Waals surface area contributed by atoms with Gasteiger partial charge in [-0.3, -0.25) is 14.4 Å².